The topological polar surface area (TPSA) is 12.4 Å². The number of hydrogen-bond donors (Lipinski definition) is 0. The average Bonchev–Trinajstić information content (AvgIpc) is 2.82. The van der Waals surface area contributed by atoms with Gasteiger partial charge in [0.25, 0.3) is 0 Å². The van der Waals surface area contributed by atoms with Gasteiger partial charge in [-0.25, -0.2) is 0 Å². The Morgan fingerprint density at radius 1 is 1.32 bits per heavy atom. The molecule has 1 heterocycles. The van der Waals surface area contributed by atoms with Gasteiger partial charge in [-0.2, -0.15) is 0 Å². The maximum absolute atomic E-state index is 4.62. The fourth-order valence-corrected chi connectivity index (χ4v) is 2.87. The smallest absolute Gasteiger partial charge is 0.195 e. The maximum atomic E-state index is 4.62. The first kappa shape index (κ1) is 14.2. The summed E-state index contributed by atoms with van der Waals surface area (Å²) in [6.45, 7) is 8.27. The summed E-state index contributed by atoms with van der Waals surface area (Å²) in [5, 5.41) is 0. The first-order valence-electron chi connectivity index (χ1n) is 6.49. The van der Waals surface area contributed by atoms with E-state index in [1.54, 1.807) is 11.8 Å². The van der Waals surface area contributed by atoms with Crippen LogP contribution >= 0.6 is 11.8 Å². The zero-order chi connectivity index (χ0) is 14.0. The van der Waals surface area contributed by atoms with Crippen molar-refractivity contribution in [2.75, 3.05) is 6.26 Å². The van der Waals surface area contributed by atoms with Crippen LogP contribution in [0, 0.1) is 6.92 Å². The number of nitrogens with zero attached hydrogens (tertiary/aromatic N) is 1. The fourth-order valence-electron chi connectivity index (χ4n) is 2.28. The highest BCUT2D eigenvalue weighted by Gasteiger charge is 2.20. The Labute approximate surface area is 121 Å². The second-order valence-electron chi connectivity index (χ2n) is 4.89. The first-order valence-corrected chi connectivity index (χ1v) is 7.72. The highest BCUT2D eigenvalue weighted by molar-refractivity contribution is 7.98. The van der Waals surface area contributed by atoms with Gasteiger partial charge in [-0.05, 0) is 45.6 Å². The molecule has 0 bridgehead atoms. The molecular formula is C16H19BNS. The number of allylic oxidation sites excluding steroid dienone is 2. The van der Waals surface area contributed by atoms with Crippen LogP contribution in [0.4, 0.5) is 0 Å². The minimum atomic E-state index is 1.06. The van der Waals surface area contributed by atoms with Crippen molar-refractivity contribution in [3.8, 4) is 0 Å². The molecule has 0 saturated heterocycles. The first-order chi connectivity index (χ1) is 9.06. The fraction of sp³-hybridized carbons (Fsp3) is 0.312. The van der Waals surface area contributed by atoms with E-state index in [1.165, 1.54) is 27.0 Å². The van der Waals surface area contributed by atoms with Crippen molar-refractivity contribution < 1.29 is 0 Å². The van der Waals surface area contributed by atoms with E-state index in [-0.39, 0.29) is 0 Å². The third-order valence-corrected chi connectivity index (χ3v) is 3.99. The van der Waals surface area contributed by atoms with Crippen molar-refractivity contribution in [3.63, 3.8) is 0 Å². The molecule has 3 heteroatoms. The molecule has 1 nitrogen and oxygen atoms in total. The van der Waals surface area contributed by atoms with E-state index in [9.17, 15) is 0 Å². The molecule has 97 valence electrons. The zero-order valence-corrected chi connectivity index (χ0v) is 13.1. The summed E-state index contributed by atoms with van der Waals surface area (Å²) in [5.74, 6) is 0. The average molecular weight is 268 g/mol. The van der Waals surface area contributed by atoms with E-state index < -0.39 is 0 Å². The van der Waals surface area contributed by atoms with Crippen molar-refractivity contribution in [2.45, 2.75) is 32.6 Å². The van der Waals surface area contributed by atoms with Gasteiger partial charge in [0, 0.05) is 10.6 Å². The molecule has 2 rings (SSSR count). The normalized spacial score (nSPS) is 13.7. The van der Waals surface area contributed by atoms with Gasteiger partial charge in [-0.1, -0.05) is 34.7 Å². The highest BCUT2D eigenvalue weighted by Crippen LogP contribution is 2.28. The van der Waals surface area contributed by atoms with Crippen molar-refractivity contribution in [1.29, 1.82) is 0 Å². The lowest BCUT2D eigenvalue weighted by Crippen LogP contribution is -2.18. The van der Waals surface area contributed by atoms with Crippen molar-refractivity contribution in [3.05, 3.63) is 40.5 Å². The molecule has 0 saturated carbocycles. The number of hydrogen-bond acceptors (Lipinski definition) is 2. The number of aryl methyl sites for hydroxylation is 1. The molecule has 1 aliphatic heterocycles. The van der Waals surface area contributed by atoms with E-state index in [2.05, 4.69) is 49.7 Å². The third-order valence-electron chi connectivity index (χ3n) is 3.20. The minimum absolute atomic E-state index is 1.06. The van der Waals surface area contributed by atoms with Gasteiger partial charge in [0.2, 0.25) is 0 Å². The Morgan fingerprint density at radius 2 is 2.05 bits per heavy atom. The molecule has 19 heavy (non-hydrogen) atoms. The summed E-state index contributed by atoms with van der Waals surface area (Å²) in [6, 6.07) is 4.40. The summed E-state index contributed by atoms with van der Waals surface area (Å²) >= 11 is 1.80. The van der Waals surface area contributed by atoms with Crippen LogP contribution in [-0.4, -0.2) is 19.2 Å². The van der Waals surface area contributed by atoms with E-state index >= 15 is 0 Å². The molecular weight excluding hydrogens is 249 g/mol. The van der Waals surface area contributed by atoms with Gasteiger partial charge in [-0.3, -0.25) is 4.99 Å². The summed E-state index contributed by atoms with van der Waals surface area (Å²) in [4.78, 5) is 5.95. The molecule has 1 aromatic carbocycles. The zero-order valence-electron chi connectivity index (χ0n) is 12.2. The van der Waals surface area contributed by atoms with Crippen molar-refractivity contribution >= 4 is 36.3 Å². The number of thioether (sulfide) groups is 1. The monoisotopic (exact) mass is 268 g/mol. The van der Waals surface area contributed by atoms with E-state index in [1.807, 2.05) is 20.8 Å². The molecule has 1 aliphatic rings. The van der Waals surface area contributed by atoms with Crippen molar-refractivity contribution in [2.24, 2.45) is 4.99 Å². The molecule has 1 aromatic rings. The molecule has 0 spiro atoms. The maximum Gasteiger partial charge on any atom is 0.195 e. The van der Waals surface area contributed by atoms with Gasteiger partial charge in [0.1, 0.15) is 0 Å². The quantitative estimate of drug-likeness (QED) is 0.461. The van der Waals surface area contributed by atoms with Crippen LogP contribution in [0.2, 0.25) is 0 Å². The van der Waals surface area contributed by atoms with Crippen LogP contribution in [0.1, 0.15) is 31.9 Å². The number of benzene rings is 1. The predicted molar refractivity (Wildman–Crippen MR) is 88.9 cm³/mol. The van der Waals surface area contributed by atoms with Crippen LogP contribution in [0.15, 0.2) is 39.3 Å². The molecule has 0 aromatic heterocycles. The molecule has 0 amide bonds. The molecule has 0 atom stereocenters. The van der Waals surface area contributed by atoms with Gasteiger partial charge in [0.15, 0.2) is 7.28 Å². The van der Waals surface area contributed by atoms with Crippen molar-refractivity contribution in [1.82, 2.24) is 0 Å². The molecule has 0 fully saturated rings. The van der Waals surface area contributed by atoms with E-state index in [0.717, 1.165) is 11.4 Å². The van der Waals surface area contributed by atoms with E-state index in [4.69, 9.17) is 0 Å². The predicted octanol–water partition coefficient (Wildman–Crippen LogP) is 3.79. The van der Waals surface area contributed by atoms with Crippen LogP contribution < -0.4 is 5.46 Å². The Balaban J connectivity index is 2.46. The summed E-state index contributed by atoms with van der Waals surface area (Å²) in [5.41, 5.74) is 7.36. The lowest BCUT2D eigenvalue weighted by atomic mass is 9.64. The molecule has 0 aliphatic carbocycles. The summed E-state index contributed by atoms with van der Waals surface area (Å²) in [7, 11) is 2.26. The lowest BCUT2D eigenvalue weighted by molar-refractivity contribution is 1.34. The Hall–Kier alpha value is -1.22. The molecule has 0 N–H and O–H groups in total. The summed E-state index contributed by atoms with van der Waals surface area (Å²) in [6.07, 6.45) is 6.47. The Kier molecular flexibility index (Phi) is 4.36. The lowest BCUT2D eigenvalue weighted by Gasteiger charge is -2.07. The molecule has 0 unspecified atom stereocenters. The van der Waals surface area contributed by atoms with Crippen LogP contribution in [-0.2, 0) is 0 Å². The van der Waals surface area contributed by atoms with Crippen LogP contribution in [0.5, 0.6) is 0 Å². The SMILES string of the molecule is C/C=C(\N=C(C)C)C1=Cc2c(SC)ccc(C)c2[B]1. The largest absolute Gasteiger partial charge is 0.259 e. The van der Waals surface area contributed by atoms with Gasteiger partial charge < -0.3 is 0 Å². The van der Waals surface area contributed by atoms with E-state index in [0.29, 0.717) is 0 Å². The Bertz CT molecular complexity index is 593. The highest BCUT2D eigenvalue weighted by atomic mass is 32.2. The third kappa shape index (κ3) is 2.87. The van der Waals surface area contributed by atoms with Gasteiger partial charge in [0.05, 0.1) is 5.70 Å². The standard InChI is InChI=1S/C16H19BNS/c1-6-14(18-10(2)3)13-9-12-15(19-5)8-7-11(4)16(12)17-13/h6-9H,1-5H3/b14-6-. The summed E-state index contributed by atoms with van der Waals surface area (Å²) < 4.78 is 0. The Morgan fingerprint density at radius 3 is 2.63 bits per heavy atom. The second kappa shape index (κ2) is 5.83. The van der Waals surface area contributed by atoms with Crippen LogP contribution in [0.25, 0.3) is 6.08 Å². The molecule has 1 radical (unpaired) electrons. The number of aliphatic imine (C=N–C) groups is 1. The minimum Gasteiger partial charge on any atom is -0.259 e. The van der Waals surface area contributed by atoms with Crippen LogP contribution in [0.3, 0.4) is 0 Å². The van der Waals surface area contributed by atoms with Gasteiger partial charge >= 0.3 is 0 Å². The second-order valence-corrected chi connectivity index (χ2v) is 5.74. The number of rotatable bonds is 3. The van der Waals surface area contributed by atoms with Gasteiger partial charge in [-0.15, -0.1) is 11.8 Å². The number of fused-ring (bicyclic) bond motifs is 1.